The van der Waals surface area contributed by atoms with E-state index in [0.29, 0.717) is 5.69 Å². The predicted octanol–water partition coefficient (Wildman–Crippen LogP) is 2.76. The van der Waals surface area contributed by atoms with Gasteiger partial charge in [-0.1, -0.05) is 36.4 Å². The van der Waals surface area contributed by atoms with Gasteiger partial charge in [0.15, 0.2) is 6.29 Å². The lowest BCUT2D eigenvalue weighted by molar-refractivity contribution is -0.253. The molecule has 156 valence electrons. The molecular weight excluding hydrogens is 368 g/mol. The zero-order chi connectivity index (χ0) is 20.2. The highest BCUT2D eigenvalue weighted by Gasteiger charge is 2.35. The van der Waals surface area contributed by atoms with Gasteiger partial charge in [0.1, 0.15) is 0 Å². The molecule has 2 fully saturated rings. The van der Waals surface area contributed by atoms with Crippen molar-refractivity contribution in [3.05, 3.63) is 65.2 Å². The number of likely N-dealkylation sites (tertiary alicyclic amines) is 1. The normalized spacial score (nSPS) is 27.9. The Balaban J connectivity index is 1.55. The van der Waals surface area contributed by atoms with Gasteiger partial charge in [0, 0.05) is 30.3 Å². The maximum absolute atomic E-state index is 9.66. The van der Waals surface area contributed by atoms with E-state index in [9.17, 15) is 10.2 Å². The Bertz CT molecular complexity index is 798. The average Bonchev–Trinajstić information content (AvgIpc) is 3.20. The van der Waals surface area contributed by atoms with Crippen LogP contribution in [0, 0.1) is 0 Å². The van der Waals surface area contributed by atoms with Crippen LogP contribution in [0.15, 0.2) is 48.5 Å². The molecule has 2 aromatic rings. The van der Waals surface area contributed by atoms with E-state index < -0.39 is 6.29 Å². The van der Waals surface area contributed by atoms with Crippen molar-refractivity contribution in [2.75, 3.05) is 25.4 Å². The lowest BCUT2D eigenvalue weighted by atomic mass is 9.99. The summed E-state index contributed by atoms with van der Waals surface area (Å²) in [6.45, 7) is 1.98. The number of rotatable bonds is 6. The summed E-state index contributed by atoms with van der Waals surface area (Å²) in [7, 11) is 0. The molecule has 0 bridgehead atoms. The van der Waals surface area contributed by atoms with Crippen molar-refractivity contribution in [2.24, 2.45) is 0 Å². The molecule has 4 rings (SSSR count). The van der Waals surface area contributed by atoms with Crippen molar-refractivity contribution in [3.8, 4) is 0 Å². The number of nitrogen functional groups attached to an aromatic ring is 1. The molecule has 0 radical (unpaired) electrons. The zero-order valence-electron chi connectivity index (χ0n) is 16.6. The van der Waals surface area contributed by atoms with Crippen molar-refractivity contribution in [2.45, 2.75) is 50.4 Å². The summed E-state index contributed by atoms with van der Waals surface area (Å²) in [5.74, 6) is 0. The number of ether oxygens (including phenoxy) is 2. The number of aliphatic hydroxyl groups excluding tert-OH is 2. The number of benzene rings is 2. The summed E-state index contributed by atoms with van der Waals surface area (Å²) in [6.07, 6.45) is 2.28. The molecule has 0 aromatic heterocycles. The van der Waals surface area contributed by atoms with Gasteiger partial charge in [0.05, 0.1) is 25.4 Å². The third-order valence-corrected chi connectivity index (χ3v) is 5.95. The van der Waals surface area contributed by atoms with E-state index >= 15 is 0 Å². The van der Waals surface area contributed by atoms with Crippen LogP contribution >= 0.6 is 0 Å². The fourth-order valence-electron chi connectivity index (χ4n) is 4.34. The highest BCUT2D eigenvalue weighted by Crippen LogP contribution is 2.39. The van der Waals surface area contributed by atoms with E-state index in [1.165, 1.54) is 0 Å². The van der Waals surface area contributed by atoms with E-state index in [2.05, 4.69) is 4.90 Å². The van der Waals surface area contributed by atoms with Gasteiger partial charge in [0.25, 0.3) is 0 Å². The molecule has 6 heteroatoms. The van der Waals surface area contributed by atoms with Gasteiger partial charge in [-0.15, -0.1) is 0 Å². The Morgan fingerprint density at radius 1 is 1.03 bits per heavy atom. The number of hydrogen-bond acceptors (Lipinski definition) is 6. The second-order valence-electron chi connectivity index (χ2n) is 7.99. The van der Waals surface area contributed by atoms with Gasteiger partial charge < -0.3 is 25.4 Å². The van der Waals surface area contributed by atoms with Gasteiger partial charge in [-0.3, -0.25) is 4.90 Å². The molecular formula is C23H30N2O4. The maximum atomic E-state index is 9.66. The van der Waals surface area contributed by atoms with Crippen molar-refractivity contribution in [3.63, 3.8) is 0 Å². The highest BCUT2D eigenvalue weighted by atomic mass is 16.7. The van der Waals surface area contributed by atoms with Crippen LogP contribution in [0.3, 0.4) is 0 Å². The van der Waals surface area contributed by atoms with Crippen molar-refractivity contribution in [1.29, 1.82) is 0 Å². The number of anilines is 1. The summed E-state index contributed by atoms with van der Waals surface area (Å²) in [4.78, 5) is 2.33. The summed E-state index contributed by atoms with van der Waals surface area (Å²) >= 11 is 0. The molecule has 4 atom stereocenters. The van der Waals surface area contributed by atoms with E-state index in [0.717, 1.165) is 49.0 Å². The summed E-state index contributed by atoms with van der Waals surface area (Å²) in [6, 6.07) is 15.7. The lowest BCUT2D eigenvalue weighted by Crippen LogP contribution is -2.42. The van der Waals surface area contributed by atoms with E-state index in [4.69, 9.17) is 15.2 Å². The fourth-order valence-corrected chi connectivity index (χ4v) is 4.34. The molecule has 4 N–H and O–H groups in total. The third kappa shape index (κ3) is 4.79. The Morgan fingerprint density at radius 2 is 1.86 bits per heavy atom. The van der Waals surface area contributed by atoms with E-state index in [-0.39, 0.29) is 31.5 Å². The third-order valence-electron chi connectivity index (χ3n) is 5.95. The molecule has 2 aliphatic rings. The molecule has 6 nitrogen and oxygen atoms in total. The second kappa shape index (κ2) is 9.24. The molecule has 0 aliphatic carbocycles. The highest BCUT2D eigenvalue weighted by molar-refractivity contribution is 5.41. The first-order valence-electron chi connectivity index (χ1n) is 10.4. The molecule has 0 spiro atoms. The topological polar surface area (TPSA) is 88.2 Å². The number of nitrogens with two attached hydrogens (primary N) is 1. The molecule has 2 heterocycles. The van der Waals surface area contributed by atoms with Gasteiger partial charge in [-0.2, -0.15) is 0 Å². The Hall–Kier alpha value is -1.96. The Kier molecular flexibility index (Phi) is 6.47. The first-order chi connectivity index (χ1) is 14.2. The minimum atomic E-state index is -0.491. The largest absolute Gasteiger partial charge is 0.399 e. The van der Waals surface area contributed by atoms with Crippen LogP contribution in [-0.4, -0.2) is 47.0 Å². The molecule has 4 unspecified atom stereocenters. The Labute approximate surface area is 171 Å². The average molecular weight is 399 g/mol. The monoisotopic (exact) mass is 398 g/mol. The first-order valence-corrected chi connectivity index (χ1v) is 10.4. The summed E-state index contributed by atoms with van der Waals surface area (Å²) in [5.41, 5.74) is 9.52. The first kappa shape index (κ1) is 20.3. The fraction of sp³-hybridized carbons (Fsp3) is 0.478. The van der Waals surface area contributed by atoms with Crippen LogP contribution in [0.1, 0.15) is 48.3 Å². The molecule has 0 saturated carbocycles. The molecule has 2 aliphatic heterocycles. The van der Waals surface area contributed by atoms with Gasteiger partial charge in [-0.05, 0) is 42.6 Å². The smallest absolute Gasteiger partial charge is 0.185 e. The summed E-state index contributed by atoms with van der Waals surface area (Å²) < 4.78 is 12.7. The van der Waals surface area contributed by atoms with E-state index in [1.807, 2.05) is 48.5 Å². The minimum Gasteiger partial charge on any atom is -0.399 e. The quantitative estimate of drug-likeness (QED) is 0.649. The van der Waals surface area contributed by atoms with Crippen LogP contribution in [-0.2, 0) is 16.1 Å². The van der Waals surface area contributed by atoms with Crippen LogP contribution in [0.4, 0.5) is 5.69 Å². The zero-order valence-corrected chi connectivity index (χ0v) is 16.6. The molecule has 2 aromatic carbocycles. The molecule has 29 heavy (non-hydrogen) atoms. The second-order valence-corrected chi connectivity index (χ2v) is 7.99. The van der Waals surface area contributed by atoms with Gasteiger partial charge in [0.2, 0.25) is 0 Å². The minimum absolute atomic E-state index is 0.00940. The number of aliphatic hydroxyl groups is 2. The van der Waals surface area contributed by atoms with Crippen LogP contribution in [0.5, 0.6) is 0 Å². The number of nitrogens with zero attached hydrogens (tertiary/aromatic N) is 1. The predicted molar refractivity (Wildman–Crippen MR) is 111 cm³/mol. The van der Waals surface area contributed by atoms with Crippen molar-refractivity contribution in [1.82, 2.24) is 4.90 Å². The lowest BCUT2D eigenvalue weighted by Gasteiger charge is -2.38. The van der Waals surface area contributed by atoms with Crippen LogP contribution in [0.2, 0.25) is 0 Å². The van der Waals surface area contributed by atoms with Crippen molar-refractivity contribution < 1.29 is 19.7 Å². The van der Waals surface area contributed by atoms with Crippen molar-refractivity contribution >= 4 is 5.69 Å². The standard InChI is InChI=1S/C23H30N2O4/c24-19-4-1-3-18(11-19)23-28-21(13-25-10-2-5-20(25)15-27)12-22(29-23)17-8-6-16(14-26)7-9-17/h1,3-4,6-9,11,20-23,26-27H,2,5,10,12-15,24H2. The Morgan fingerprint density at radius 3 is 2.59 bits per heavy atom. The number of hydrogen-bond donors (Lipinski definition) is 3. The van der Waals surface area contributed by atoms with Crippen LogP contribution < -0.4 is 5.73 Å². The van der Waals surface area contributed by atoms with Gasteiger partial charge in [-0.25, -0.2) is 0 Å². The molecule has 0 amide bonds. The maximum Gasteiger partial charge on any atom is 0.185 e. The summed E-state index contributed by atoms with van der Waals surface area (Å²) in [5, 5.41) is 19.0. The van der Waals surface area contributed by atoms with Crippen LogP contribution in [0.25, 0.3) is 0 Å². The van der Waals surface area contributed by atoms with E-state index in [1.54, 1.807) is 0 Å². The SMILES string of the molecule is Nc1cccc(C2OC(CN3CCCC3CO)CC(c3ccc(CO)cc3)O2)c1. The molecule has 2 saturated heterocycles. The van der Waals surface area contributed by atoms with Gasteiger partial charge >= 0.3 is 0 Å².